The van der Waals surface area contributed by atoms with E-state index in [1.165, 1.54) is 19.2 Å². The van der Waals surface area contributed by atoms with Crippen molar-refractivity contribution in [3.8, 4) is 5.75 Å². The molecule has 0 saturated heterocycles. The van der Waals surface area contributed by atoms with Crippen molar-refractivity contribution in [2.24, 2.45) is 5.92 Å². The Hall–Kier alpha value is -0.830. The van der Waals surface area contributed by atoms with Gasteiger partial charge in [-0.25, -0.2) is 21.6 Å². The van der Waals surface area contributed by atoms with Crippen LogP contribution in [0.25, 0.3) is 0 Å². The molecule has 0 aliphatic heterocycles. The summed E-state index contributed by atoms with van der Waals surface area (Å²) in [5.74, 6) is 0.113. The number of hydrogen-bond acceptors (Lipinski definition) is 5. The first kappa shape index (κ1) is 17.2. The molecule has 0 bridgehead atoms. The molecule has 20 heavy (non-hydrogen) atoms. The zero-order valence-electron chi connectivity index (χ0n) is 11.3. The van der Waals surface area contributed by atoms with Gasteiger partial charge in [0.15, 0.2) is 0 Å². The Kier molecular flexibility index (Phi) is 5.42. The lowest BCUT2D eigenvalue weighted by Gasteiger charge is -2.11. The van der Waals surface area contributed by atoms with Gasteiger partial charge in [-0.15, -0.1) is 0 Å². The van der Waals surface area contributed by atoms with Crippen molar-refractivity contribution in [3.05, 3.63) is 18.2 Å². The van der Waals surface area contributed by atoms with Gasteiger partial charge >= 0.3 is 0 Å². The smallest absolute Gasteiger partial charge is 0.265 e. The van der Waals surface area contributed by atoms with Gasteiger partial charge in [-0.3, -0.25) is 0 Å². The molecule has 0 aromatic heterocycles. The van der Waals surface area contributed by atoms with Crippen LogP contribution in [0.3, 0.4) is 0 Å². The lowest BCUT2D eigenvalue weighted by molar-refractivity contribution is 0.402. The van der Waals surface area contributed by atoms with Gasteiger partial charge in [0.05, 0.1) is 12.0 Å². The standard InChI is InChI=1S/C11H16ClNO5S2/c1-8(2)7-13-20(16,17)9-4-5-10(18-3)11(6-9)19(12,14)15/h4-6,8,13H,7H2,1-3H3. The fourth-order valence-corrected chi connectivity index (χ4v) is 3.71. The van der Waals surface area contributed by atoms with Crippen LogP contribution in [0.2, 0.25) is 0 Å². The van der Waals surface area contributed by atoms with E-state index in [-0.39, 0.29) is 28.0 Å². The van der Waals surface area contributed by atoms with E-state index >= 15 is 0 Å². The predicted octanol–water partition coefficient (Wildman–Crippen LogP) is 1.56. The van der Waals surface area contributed by atoms with E-state index < -0.39 is 19.1 Å². The van der Waals surface area contributed by atoms with Gasteiger partial charge in [0, 0.05) is 17.2 Å². The molecule has 1 N–H and O–H groups in total. The molecule has 114 valence electrons. The average Bonchev–Trinajstić information content (AvgIpc) is 2.34. The maximum atomic E-state index is 12.0. The number of methoxy groups -OCH3 is 1. The lowest BCUT2D eigenvalue weighted by atomic mass is 10.2. The second-order valence-corrected chi connectivity index (χ2v) is 8.80. The topological polar surface area (TPSA) is 89.5 Å². The minimum absolute atomic E-state index is 0.0113. The SMILES string of the molecule is COc1ccc(S(=O)(=O)NCC(C)C)cc1S(=O)(=O)Cl. The fourth-order valence-electron chi connectivity index (χ4n) is 1.37. The first-order valence-electron chi connectivity index (χ1n) is 5.70. The zero-order valence-corrected chi connectivity index (χ0v) is 13.6. The van der Waals surface area contributed by atoms with Gasteiger partial charge < -0.3 is 4.74 Å². The van der Waals surface area contributed by atoms with Crippen LogP contribution in [0.15, 0.2) is 28.0 Å². The van der Waals surface area contributed by atoms with Gasteiger partial charge in [-0.1, -0.05) is 13.8 Å². The third kappa shape index (κ3) is 4.34. The van der Waals surface area contributed by atoms with Crippen molar-refractivity contribution < 1.29 is 21.6 Å². The van der Waals surface area contributed by atoms with E-state index in [0.717, 1.165) is 6.07 Å². The van der Waals surface area contributed by atoms with Gasteiger partial charge in [0.1, 0.15) is 10.6 Å². The first-order valence-corrected chi connectivity index (χ1v) is 9.49. The molecule has 0 saturated carbocycles. The highest BCUT2D eigenvalue weighted by molar-refractivity contribution is 8.13. The lowest BCUT2D eigenvalue weighted by Crippen LogP contribution is -2.27. The molecular formula is C11H16ClNO5S2. The molecule has 0 atom stereocenters. The third-order valence-corrected chi connectivity index (χ3v) is 5.15. The molecular weight excluding hydrogens is 326 g/mol. The monoisotopic (exact) mass is 341 g/mol. The van der Waals surface area contributed by atoms with Gasteiger partial charge in [-0.2, -0.15) is 0 Å². The van der Waals surface area contributed by atoms with Crippen molar-refractivity contribution in [2.45, 2.75) is 23.6 Å². The van der Waals surface area contributed by atoms with Crippen molar-refractivity contribution in [3.63, 3.8) is 0 Å². The van der Waals surface area contributed by atoms with Crippen LogP contribution in [0.5, 0.6) is 5.75 Å². The molecule has 0 unspecified atom stereocenters. The highest BCUT2D eigenvalue weighted by Crippen LogP contribution is 2.29. The van der Waals surface area contributed by atoms with Crippen LogP contribution in [-0.4, -0.2) is 30.5 Å². The molecule has 0 fully saturated rings. The Morgan fingerprint density at radius 1 is 1.25 bits per heavy atom. The number of nitrogens with one attached hydrogen (secondary N) is 1. The number of hydrogen-bond donors (Lipinski definition) is 1. The van der Waals surface area contributed by atoms with Crippen LogP contribution in [-0.2, 0) is 19.1 Å². The Morgan fingerprint density at radius 3 is 2.30 bits per heavy atom. The van der Waals surface area contributed by atoms with Crippen LogP contribution < -0.4 is 9.46 Å². The minimum atomic E-state index is -4.10. The van der Waals surface area contributed by atoms with Crippen molar-refractivity contribution in [2.75, 3.05) is 13.7 Å². The zero-order chi connectivity index (χ0) is 15.6. The van der Waals surface area contributed by atoms with E-state index in [1.54, 1.807) is 0 Å². The minimum Gasteiger partial charge on any atom is -0.495 e. The number of halogens is 1. The largest absolute Gasteiger partial charge is 0.495 e. The normalized spacial score (nSPS) is 12.7. The molecule has 0 aliphatic carbocycles. The van der Waals surface area contributed by atoms with E-state index in [9.17, 15) is 16.8 Å². The van der Waals surface area contributed by atoms with Crippen molar-refractivity contribution in [1.82, 2.24) is 4.72 Å². The Morgan fingerprint density at radius 2 is 1.85 bits per heavy atom. The summed E-state index contributed by atoms with van der Waals surface area (Å²) in [5, 5.41) is 0. The molecule has 0 spiro atoms. The molecule has 1 rings (SSSR count). The first-order chi connectivity index (χ1) is 9.08. The van der Waals surface area contributed by atoms with Crippen LogP contribution in [0.4, 0.5) is 0 Å². The number of benzene rings is 1. The summed E-state index contributed by atoms with van der Waals surface area (Å²) in [5.41, 5.74) is 0. The van der Waals surface area contributed by atoms with E-state index in [1.807, 2.05) is 13.8 Å². The Balaban J connectivity index is 3.28. The number of rotatable bonds is 6. The molecule has 1 aromatic rings. The molecule has 0 aliphatic rings. The molecule has 0 amide bonds. The van der Waals surface area contributed by atoms with E-state index in [0.29, 0.717) is 0 Å². The highest BCUT2D eigenvalue weighted by atomic mass is 35.7. The summed E-state index contributed by atoms with van der Waals surface area (Å²) >= 11 is 0. The maximum absolute atomic E-state index is 12.0. The molecule has 6 nitrogen and oxygen atoms in total. The number of ether oxygens (including phenoxy) is 1. The number of sulfonamides is 1. The van der Waals surface area contributed by atoms with E-state index in [4.69, 9.17) is 15.4 Å². The Bertz CT molecular complexity index is 683. The average molecular weight is 342 g/mol. The van der Waals surface area contributed by atoms with Crippen LogP contribution in [0, 0.1) is 5.92 Å². The predicted molar refractivity (Wildman–Crippen MR) is 76.1 cm³/mol. The van der Waals surface area contributed by atoms with Crippen LogP contribution in [0.1, 0.15) is 13.8 Å². The quantitative estimate of drug-likeness (QED) is 0.793. The summed E-state index contributed by atoms with van der Waals surface area (Å²) in [6, 6.07) is 3.48. The van der Waals surface area contributed by atoms with E-state index in [2.05, 4.69) is 4.72 Å². The summed E-state index contributed by atoms with van der Waals surface area (Å²) in [4.78, 5) is -0.563. The van der Waals surface area contributed by atoms with Crippen molar-refractivity contribution in [1.29, 1.82) is 0 Å². The molecule has 1 aromatic carbocycles. The second-order valence-electron chi connectivity index (χ2n) is 4.50. The third-order valence-electron chi connectivity index (χ3n) is 2.39. The van der Waals surface area contributed by atoms with Gasteiger partial charge in [0.25, 0.3) is 9.05 Å². The van der Waals surface area contributed by atoms with Crippen molar-refractivity contribution >= 4 is 29.8 Å². The summed E-state index contributed by atoms with van der Waals surface area (Å²) < 4.78 is 54.2. The van der Waals surface area contributed by atoms with Crippen LogP contribution >= 0.6 is 10.7 Å². The second kappa shape index (κ2) is 6.30. The Labute approximate surface area is 123 Å². The molecule has 0 heterocycles. The van der Waals surface area contributed by atoms with Gasteiger partial charge in [-0.05, 0) is 24.1 Å². The summed E-state index contributed by atoms with van der Waals surface area (Å²) in [6.07, 6.45) is 0. The molecule has 9 heteroatoms. The van der Waals surface area contributed by atoms with Gasteiger partial charge in [0.2, 0.25) is 10.0 Å². The maximum Gasteiger partial charge on any atom is 0.265 e. The fraction of sp³-hybridized carbons (Fsp3) is 0.455. The summed E-state index contributed by atoms with van der Waals surface area (Å²) in [7, 11) is -1.36. The molecule has 0 radical (unpaired) electrons. The summed E-state index contributed by atoms with van der Waals surface area (Å²) in [6.45, 7) is 3.95. The highest BCUT2D eigenvalue weighted by Gasteiger charge is 2.22.